The van der Waals surface area contributed by atoms with E-state index in [9.17, 15) is 4.39 Å². The van der Waals surface area contributed by atoms with Crippen molar-refractivity contribution in [3.05, 3.63) is 35.8 Å². The summed E-state index contributed by atoms with van der Waals surface area (Å²) >= 11 is 0. The Labute approximate surface area is 119 Å². The first-order valence-corrected chi connectivity index (χ1v) is 7.56. The Bertz CT molecular complexity index is 590. The molecule has 2 nitrogen and oxygen atoms in total. The Morgan fingerprint density at radius 1 is 1.30 bits per heavy atom. The molecule has 2 aromatic rings. The van der Waals surface area contributed by atoms with Crippen LogP contribution < -0.4 is 5.32 Å². The normalized spacial score (nSPS) is 23.0. The molecule has 0 saturated heterocycles. The van der Waals surface area contributed by atoms with Gasteiger partial charge in [-0.1, -0.05) is 20.3 Å². The summed E-state index contributed by atoms with van der Waals surface area (Å²) in [6, 6.07) is 7.28. The van der Waals surface area contributed by atoms with Gasteiger partial charge in [-0.3, -0.25) is 0 Å². The zero-order valence-electron chi connectivity index (χ0n) is 12.2. The number of rotatable bonds is 4. The summed E-state index contributed by atoms with van der Waals surface area (Å²) in [5.41, 5.74) is 0.795. The van der Waals surface area contributed by atoms with Crippen LogP contribution in [0.1, 0.15) is 44.8 Å². The van der Waals surface area contributed by atoms with Crippen LogP contribution in [-0.4, -0.2) is 12.6 Å². The van der Waals surface area contributed by atoms with Gasteiger partial charge in [0.15, 0.2) is 0 Å². The van der Waals surface area contributed by atoms with Crippen LogP contribution in [0.5, 0.6) is 0 Å². The highest BCUT2D eigenvalue weighted by molar-refractivity contribution is 5.78. The van der Waals surface area contributed by atoms with Gasteiger partial charge in [-0.25, -0.2) is 4.39 Å². The second-order valence-corrected chi connectivity index (χ2v) is 6.19. The summed E-state index contributed by atoms with van der Waals surface area (Å²) in [7, 11) is 0. The Morgan fingerprint density at radius 2 is 2.15 bits per heavy atom. The van der Waals surface area contributed by atoms with E-state index >= 15 is 0 Å². The topological polar surface area (TPSA) is 25.2 Å². The number of hydrogen-bond acceptors (Lipinski definition) is 2. The van der Waals surface area contributed by atoms with Crippen molar-refractivity contribution in [3.63, 3.8) is 0 Å². The van der Waals surface area contributed by atoms with Crippen LogP contribution in [0.15, 0.2) is 28.7 Å². The average molecular weight is 275 g/mol. The van der Waals surface area contributed by atoms with Gasteiger partial charge in [-0.15, -0.1) is 0 Å². The van der Waals surface area contributed by atoms with Crippen LogP contribution in [0.3, 0.4) is 0 Å². The van der Waals surface area contributed by atoms with E-state index in [4.69, 9.17) is 4.42 Å². The molecule has 2 unspecified atom stereocenters. The van der Waals surface area contributed by atoms with Crippen molar-refractivity contribution >= 4 is 11.0 Å². The summed E-state index contributed by atoms with van der Waals surface area (Å²) < 4.78 is 19.2. The molecule has 1 aromatic heterocycles. The monoisotopic (exact) mass is 275 g/mol. The van der Waals surface area contributed by atoms with Gasteiger partial charge in [-0.05, 0) is 49.6 Å². The molecule has 0 radical (unpaired) electrons. The van der Waals surface area contributed by atoms with Crippen molar-refractivity contribution in [1.82, 2.24) is 5.32 Å². The molecule has 108 valence electrons. The molecule has 0 bridgehead atoms. The lowest BCUT2D eigenvalue weighted by Gasteiger charge is -2.19. The first-order valence-electron chi connectivity index (χ1n) is 7.56. The van der Waals surface area contributed by atoms with Gasteiger partial charge in [0.1, 0.15) is 17.2 Å². The Morgan fingerprint density at radius 3 is 2.95 bits per heavy atom. The third kappa shape index (κ3) is 2.73. The minimum Gasteiger partial charge on any atom is -0.461 e. The number of furan rings is 1. The van der Waals surface area contributed by atoms with Crippen LogP contribution in [0.25, 0.3) is 11.0 Å². The highest BCUT2D eigenvalue weighted by Gasteiger charge is 2.31. The SMILES string of the molecule is CC(C)NCC1CCCC1c1cc2cc(F)ccc2o1. The van der Waals surface area contributed by atoms with Crippen molar-refractivity contribution in [3.8, 4) is 0 Å². The van der Waals surface area contributed by atoms with Crippen LogP contribution in [-0.2, 0) is 0 Å². The Balaban J connectivity index is 1.81. The summed E-state index contributed by atoms with van der Waals surface area (Å²) in [5, 5.41) is 4.41. The largest absolute Gasteiger partial charge is 0.461 e. The quantitative estimate of drug-likeness (QED) is 0.891. The number of hydrogen-bond donors (Lipinski definition) is 1. The van der Waals surface area contributed by atoms with E-state index in [1.165, 1.54) is 25.3 Å². The number of benzene rings is 1. The molecular weight excluding hydrogens is 253 g/mol. The molecule has 0 aliphatic heterocycles. The molecule has 0 amide bonds. The van der Waals surface area contributed by atoms with Crippen molar-refractivity contribution in [2.45, 2.75) is 45.1 Å². The lowest BCUT2D eigenvalue weighted by atomic mass is 9.93. The Kier molecular flexibility index (Phi) is 3.79. The van der Waals surface area contributed by atoms with Crippen LogP contribution >= 0.6 is 0 Å². The fraction of sp³-hybridized carbons (Fsp3) is 0.529. The second kappa shape index (κ2) is 5.57. The van der Waals surface area contributed by atoms with Crippen molar-refractivity contribution in [2.24, 2.45) is 5.92 Å². The molecule has 20 heavy (non-hydrogen) atoms. The smallest absolute Gasteiger partial charge is 0.134 e. The fourth-order valence-corrected chi connectivity index (χ4v) is 3.26. The number of nitrogens with one attached hydrogen (secondary N) is 1. The van der Waals surface area contributed by atoms with Gasteiger partial charge in [0.25, 0.3) is 0 Å². The van der Waals surface area contributed by atoms with Crippen LogP contribution in [0, 0.1) is 11.7 Å². The predicted molar refractivity (Wildman–Crippen MR) is 79.4 cm³/mol. The Hall–Kier alpha value is -1.35. The van der Waals surface area contributed by atoms with E-state index in [-0.39, 0.29) is 5.82 Å². The van der Waals surface area contributed by atoms with E-state index in [0.717, 1.165) is 23.3 Å². The fourth-order valence-electron chi connectivity index (χ4n) is 3.26. The molecule has 1 heterocycles. The molecule has 3 rings (SSSR count). The first kappa shape index (κ1) is 13.6. The third-order valence-corrected chi connectivity index (χ3v) is 4.31. The van der Waals surface area contributed by atoms with Gasteiger partial charge in [0.05, 0.1) is 0 Å². The standard InChI is InChI=1S/C17H22FNO/c1-11(2)19-10-12-4-3-5-15(12)17-9-13-8-14(18)6-7-16(13)20-17/h6-9,11-12,15,19H,3-5,10H2,1-2H3. The molecular formula is C17H22FNO. The summed E-state index contributed by atoms with van der Waals surface area (Å²) in [6.45, 7) is 5.38. The molecule has 1 aromatic carbocycles. The highest BCUT2D eigenvalue weighted by atomic mass is 19.1. The van der Waals surface area contributed by atoms with Gasteiger partial charge >= 0.3 is 0 Å². The first-order chi connectivity index (χ1) is 9.63. The number of halogens is 1. The van der Waals surface area contributed by atoms with Crippen molar-refractivity contribution < 1.29 is 8.81 Å². The molecule has 1 aliphatic carbocycles. The molecule has 0 spiro atoms. The number of fused-ring (bicyclic) bond motifs is 1. The summed E-state index contributed by atoms with van der Waals surface area (Å²) in [5.74, 6) is 1.92. The molecule has 3 heteroatoms. The third-order valence-electron chi connectivity index (χ3n) is 4.31. The van der Waals surface area contributed by atoms with Crippen molar-refractivity contribution in [2.75, 3.05) is 6.54 Å². The lowest BCUT2D eigenvalue weighted by Crippen LogP contribution is -2.29. The second-order valence-electron chi connectivity index (χ2n) is 6.19. The minimum atomic E-state index is -0.200. The predicted octanol–water partition coefficient (Wildman–Crippen LogP) is 4.45. The molecule has 1 N–H and O–H groups in total. The maximum Gasteiger partial charge on any atom is 0.134 e. The zero-order chi connectivity index (χ0) is 14.1. The van der Waals surface area contributed by atoms with E-state index in [1.54, 1.807) is 12.1 Å². The molecule has 1 saturated carbocycles. The van der Waals surface area contributed by atoms with E-state index in [1.807, 2.05) is 6.07 Å². The zero-order valence-corrected chi connectivity index (χ0v) is 12.2. The van der Waals surface area contributed by atoms with Gasteiger partial charge in [0.2, 0.25) is 0 Å². The van der Waals surface area contributed by atoms with Gasteiger partial charge in [0, 0.05) is 17.3 Å². The van der Waals surface area contributed by atoms with Crippen LogP contribution in [0.4, 0.5) is 4.39 Å². The van der Waals surface area contributed by atoms with Gasteiger partial charge in [-0.2, -0.15) is 0 Å². The van der Waals surface area contributed by atoms with Crippen molar-refractivity contribution in [1.29, 1.82) is 0 Å². The van der Waals surface area contributed by atoms with E-state index < -0.39 is 0 Å². The highest BCUT2D eigenvalue weighted by Crippen LogP contribution is 2.41. The maximum atomic E-state index is 13.3. The average Bonchev–Trinajstić information content (AvgIpc) is 3.01. The molecule has 2 atom stereocenters. The minimum absolute atomic E-state index is 0.200. The molecule has 1 fully saturated rings. The maximum absolute atomic E-state index is 13.3. The lowest BCUT2D eigenvalue weighted by molar-refractivity contribution is 0.379. The summed E-state index contributed by atoms with van der Waals surface area (Å²) in [6.07, 6.45) is 3.67. The summed E-state index contributed by atoms with van der Waals surface area (Å²) in [4.78, 5) is 0. The van der Waals surface area contributed by atoms with E-state index in [0.29, 0.717) is 17.9 Å². The van der Waals surface area contributed by atoms with Crippen LogP contribution in [0.2, 0.25) is 0 Å². The van der Waals surface area contributed by atoms with E-state index in [2.05, 4.69) is 19.2 Å². The molecule has 1 aliphatic rings. The van der Waals surface area contributed by atoms with Gasteiger partial charge < -0.3 is 9.73 Å².